The summed E-state index contributed by atoms with van der Waals surface area (Å²) in [5.74, 6) is -0.382. The van der Waals surface area contributed by atoms with E-state index < -0.39 is 11.9 Å². The van der Waals surface area contributed by atoms with E-state index in [1.165, 1.54) is 12.1 Å². The van der Waals surface area contributed by atoms with Gasteiger partial charge < -0.3 is 19.7 Å². The topological polar surface area (TPSA) is 58.9 Å². The van der Waals surface area contributed by atoms with Gasteiger partial charge in [0.15, 0.2) is 11.6 Å². The van der Waals surface area contributed by atoms with Gasteiger partial charge in [0.25, 0.3) is 0 Å². The normalized spacial score (nSPS) is 12.5. The zero-order valence-electron chi connectivity index (χ0n) is 9.73. The fraction of sp³-hybridized carbons (Fsp3) is 0.500. The van der Waals surface area contributed by atoms with Crippen molar-refractivity contribution >= 4 is 0 Å². The number of halogens is 1. The third kappa shape index (κ3) is 4.68. The number of aliphatic hydroxyl groups is 2. The minimum Gasteiger partial charge on any atom is -0.488 e. The molecule has 1 aromatic rings. The second-order valence-corrected chi connectivity index (χ2v) is 3.55. The molecule has 1 atom stereocenters. The summed E-state index contributed by atoms with van der Waals surface area (Å²) < 4.78 is 23.6. The first-order valence-corrected chi connectivity index (χ1v) is 5.44. The van der Waals surface area contributed by atoms with Crippen LogP contribution in [0.5, 0.6) is 5.75 Å². The fourth-order valence-electron chi connectivity index (χ4n) is 1.27. The van der Waals surface area contributed by atoms with Crippen molar-refractivity contribution in [3.8, 4) is 5.75 Å². The molecule has 0 unspecified atom stereocenters. The van der Waals surface area contributed by atoms with Crippen LogP contribution in [0.1, 0.15) is 18.6 Å². The summed E-state index contributed by atoms with van der Waals surface area (Å²) in [4.78, 5) is 0. The highest BCUT2D eigenvalue weighted by molar-refractivity contribution is 5.30. The summed E-state index contributed by atoms with van der Waals surface area (Å²) in [7, 11) is 0. The molecule has 1 rings (SSSR count). The second-order valence-electron chi connectivity index (χ2n) is 3.55. The number of hydrogen-bond acceptors (Lipinski definition) is 4. The molecular weight excluding hydrogens is 227 g/mol. The van der Waals surface area contributed by atoms with Crippen molar-refractivity contribution in [2.75, 3.05) is 26.4 Å². The first-order valence-electron chi connectivity index (χ1n) is 5.44. The summed E-state index contributed by atoms with van der Waals surface area (Å²) in [5, 5.41) is 17.7. The van der Waals surface area contributed by atoms with Crippen LogP contribution in [-0.2, 0) is 4.74 Å². The van der Waals surface area contributed by atoms with E-state index in [4.69, 9.17) is 14.6 Å². The van der Waals surface area contributed by atoms with Crippen molar-refractivity contribution < 1.29 is 24.1 Å². The maximum absolute atomic E-state index is 13.5. The molecule has 2 N–H and O–H groups in total. The van der Waals surface area contributed by atoms with E-state index in [2.05, 4.69) is 0 Å². The van der Waals surface area contributed by atoms with Crippen LogP contribution < -0.4 is 4.74 Å². The van der Waals surface area contributed by atoms with Crippen molar-refractivity contribution in [2.24, 2.45) is 0 Å². The standard InChI is InChI=1S/C12H17FO4/c1-9(15)10-2-3-12(11(13)8-10)17-7-6-16-5-4-14/h2-3,8-9,14-15H,4-7H2,1H3/t9-/m0/s1. The monoisotopic (exact) mass is 244 g/mol. The van der Waals surface area contributed by atoms with Gasteiger partial charge in [-0.2, -0.15) is 0 Å². The molecule has 4 nitrogen and oxygen atoms in total. The summed E-state index contributed by atoms with van der Waals surface area (Å²) in [6.45, 7) is 2.27. The largest absolute Gasteiger partial charge is 0.488 e. The number of benzene rings is 1. The molecule has 1 aromatic carbocycles. The zero-order valence-corrected chi connectivity index (χ0v) is 9.73. The first kappa shape index (κ1) is 13.9. The van der Waals surface area contributed by atoms with Crippen LogP contribution in [-0.4, -0.2) is 36.6 Å². The zero-order chi connectivity index (χ0) is 12.7. The average molecular weight is 244 g/mol. The Hall–Kier alpha value is -1.17. The highest BCUT2D eigenvalue weighted by atomic mass is 19.1. The first-order chi connectivity index (χ1) is 8.15. The van der Waals surface area contributed by atoms with Gasteiger partial charge in [-0.05, 0) is 24.6 Å². The second kappa shape index (κ2) is 7.21. The summed E-state index contributed by atoms with van der Waals surface area (Å²) in [6, 6.07) is 4.33. The van der Waals surface area contributed by atoms with Crippen molar-refractivity contribution in [1.82, 2.24) is 0 Å². The Morgan fingerprint density at radius 1 is 1.29 bits per heavy atom. The fourth-order valence-corrected chi connectivity index (χ4v) is 1.27. The lowest BCUT2D eigenvalue weighted by atomic mass is 10.1. The lowest BCUT2D eigenvalue weighted by molar-refractivity contribution is 0.0696. The Labute approximate surface area is 99.6 Å². The van der Waals surface area contributed by atoms with Gasteiger partial charge in [-0.3, -0.25) is 0 Å². The van der Waals surface area contributed by atoms with Gasteiger partial charge in [-0.15, -0.1) is 0 Å². The molecule has 0 amide bonds. The molecule has 5 heteroatoms. The van der Waals surface area contributed by atoms with Gasteiger partial charge in [0.1, 0.15) is 6.61 Å². The van der Waals surface area contributed by atoms with Gasteiger partial charge in [-0.25, -0.2) is 4.39 Å². The molecule has 0 aliphatic carbocycles. The Morgan fingerprint density at radius 2 is 2.06 bits per heavy atom. The number of aliphatic hydroxyl groups excluding tert-OH is 2. The van der Waals surface area contributed by atoms with Crippen LogP contribution >= 0.6 is 0 Å². The molecule has 0 aliphatic heterocycles. The molecule has 0 aliphatic rings. The Balaban J connectivity index is 2.43. The molecule has 96 valence electrons. The van der Waals surface area contributed by atoms with E-state index in [9.17, 15) is 9.50 Å². The van der Waals surface area contributed by atoms with E-state index in [1.807, 2.05) is 0 Å². The van der Waals surface area contributed by atoms with E-state index >= 15 is 0 Å². The maximum atomic E-state index is 13.5. The van der Waals surface area contributed by atoms with Crippen molar-refractivity contribution in [1.29, 1.82) is 0 Å². The SMILES string of the molecule is C[C@H](O)c1ccc(OCCOCCO)c(F)c1. The molecule has 0 fully saturated rings. The molecule has 0 spiro atoms. The van der Waals surface area contributed by atoms with Crippen LogP contribution in [0.4, 0.5) is 4.39 Å². The number of ether oxygens (including phenoxy) is 2. The molecule has 0 heterocycles. The summed E-state index contributed by atoms with van der Waals surface area (Å²) in [5.41, 5.74) is 0.506. The van der Waals surface area contributed by atoms with Crippen molar-refractivity contribution in [3.63, 3.8) is 0 Å². The Kier molecular flexibility index (Phi) is 5.90. The maximum Gasteiger partial charge on any atom is 0.165 e. The van der Waals surface area contributed by atoms with Crippen LogP contribution in [0.15, 0.2) is 18.2 Å². The highest BCUT2D eigenvalue weighted by Crippen LogP contribution is 2.21. The predicted octanol–water partition coefficient (Wildman–Crippen LogP) is 1.27. The molecule has 17 heavy (non-hydrogen) atoms. The smallest absolute Gasteiger partial charge is 0.165 e. The third-order valence-corrected chi connectivity index (χ3v) is 2.16. The Morgan fingerprint density at radius 3 is 2.65 bits per heavy atom. The summed E-state index contributed by atoms with van der Waals surface area (Å²) in [6.07, 6.45) is -0.702. The number of hydrogen-bond donors (Lipinski definition) is 2. The van der Waals surface area contributed by atoms with E-state index in [0.717, 1.165) is 0 Å². The van der Waals surface area contributed by atoms with Gasteiger partial charge in [-0.1, -0.05) is 6.07 Å². The Bertz CT molecular complexity index is 341. The lowest BCUT2D eigenvalue weighted by Gasteiger charge is -2.10. The third-order valence-electron chi connectivity index (χ3n) is 2.16. The van der Waals surface area contributed by atoms with Crippen LogP contribution in [0.3, 0.4) is 0 Å². The van der Waals surface area contributed by atoms with Crippen LogP contribution in [0, 0.1) is 5.82 Å². The van der Waals surface area contributed by atoms with E-state index in [1.54, 1.807) is 13.0 Å². The van der Waals surface area contributed by atoms with E-state index in [-0.39, 0.29) is 32.2 Å². The molecule has 0 aromatic heterocycles. The van der Waals surface area contributed by atoms with Gasteiger partial charge in [0.2, 0.25) is 0 Å². The quantitative estimate of drug-likeness (QED) is 0.709. The van der Waals surface area contributed by atoms with Crippen molar-refractivity contribution in [2.45, 2.75) is 13.0 Å². The van der Waals surface area contributed by atoms with E-state index in [0.29, 0.717) is 5.56 Å². The van der Waals surface area contributed by atoms with Crippen molar-refractivity contribution in [3.05, 3.63) is 29.6 Å². The van der Waals surface area contributed by atoms with Crippen LogP contribution in [0.2, 0.25) is 0 Å². The molecule has 0 saturated heterocycles. The van der Waals surface area contributed by atoms with Gasteiger partial charge >= 0.3 is 0 Å². The minimum absolute atomic E-state index is 0.0442. The molecule has 0 saturated carbocycles. The van der Waals surface area contributed by atoms with Gasteiger partial charge in [0.05, 0.1) is 25.9 Å². The van der Waals surface area contributed by atoms with Crippen LogP contribution in [0.25, 0.3) is 0 Å². The molecule has 0 bridgehead atoms. The average Bonchev–Trinajstić information content (AvgIpc) is 2.30. The lowest BCUT2D eigenvalue weighted by Crippen LogP contribution is -2.10. The molecule has 0 radical (unpaired) electrons. The van der Waals surface area contributed by atoms with Gasteiger partial charge in [0, 0.05) is 0 Å². The predicted molar refractivity (Wildman–Crippen MR) is 60.4 cm³/mol. The highest BCUT2D eigenvalue weighted by Gasteiger charge is 2.07. The minimum atomic E-state index is -0.702. The molecular formula is C12H17FO4. The number of rotatable bonds is 7. The summed E-state index contributed by atoms with van der Waals surface area (Å²) >= 11 is 0.